The number of para-hydroxylation sites is 1. The van der Waals surface area contributed by atoms with Crippen molar-refractivity contribution in [3.05, 3.63) is 30.0 Å². The molecule has 0 spiro atoms. The lowest BCUT2D eigenvalue weighted by Crippen LogP contribution is -2.43. The average molecular weight is 263 g/mol. The highest BCUT2D eigenvalue weighted by Crippen LogP contribution is 2.17. The fraction of sp³-hybridized carbons (Fsp3) is 0.250. The lowest BCUT2D eigenvalue weighted by molar-refractivity contribution is -0.140. The van der Waals surface area contributed by atoms with Gasteiger partial charge in [-0.05, 0) is 6.07 Å². The van der Waals surface area contributed by atoms with E-state index in [0.29, 0.717) is 5.39 Å². The summed E-state index contributed by atoms with van der Waals surface area (Å²) in [6.45, 7) is -0.675. The molecule has 0 unspecified atom stereocenters. The number of hydrogen-bond donors (Lipinski definition) is 3. The summed E-state index contributed by atoms with van der Waals surface area (Å²) in [6.07, 6.45) is 0. The molecule has 7 nitrogen and oxygen atoms in total. The molecule has 0 aliphatic heterocycles. The number of carbonyl (C=O) groups excluding carboxylic acids is 1. The van der Waals surface area contributed by atoms with Gasteiger partial charge in [-0.3, -0.25) is 9.48 Å². The summed E-state index contributed by atoms with van der Waals surface area (Å²) < 4.78 is 1.54. The Kier molecular flexibility index (Phi) is 3.48. The minimum Gasteiger partial charge on any atom is -0.480 e. The molecule has 3 N–H and O–H groups in total. The topological polar surface area (TPSA) is 104 Å². The first kappa shape index (κ1) is 13.0. The van der Waals surface area contributed by atoms with Gasteiger partial charge in [0.15, 0.2) is 11.7 Å². The van der Waals surface area contributed by atoms with E-state index in [0.717, 1.165) is 5.52 Å². The molecule has 1 aromatic carbocycles. The molecule has 0 aliphatic rings. The van der Waals surface area contributed by atoms with E-state index in [1.165, 1.54) is 0 Å². The maximum atomic E-state index is 12.0. The van der Waals surface area contributed by atoms with Crippen molar-refractivity contribution in [2.24, 2.45) is 7.05 Å². The van der Waals surface area contributed by atoms with Crippen LogP contribution < -0.4 is 5.32 Å². The zero-order chi connectivity index (χ0) is 14.0. The second-order valence-corrected chi connectivity index (χ2v) is 4.04. The van der Waals surface area contributed by atoms with Crippen molar-refractivity contribution in [1.82, 2.24) is 15.1 Å². The number of benzene rings is 1. The first-order chi connectivity index (χ1) is 9.04. The zero-order valence-corrected chi connectivity index (χ0v) is 10.2. The van der Waals surface area contributed by atoms with Gasteiger partial charge in [-0.1, -0.05) is 18.2 Å². The maximum Gasteiger partial charge on any atom is 0.328 e. The molecule has 0 radical (unpaired) electrons. The van der Waals surface area contributed by atoms with Crippen LogP contribution in [0.3, 0.4) is 0 Å². The maximum absolute atomic E-state index is 12.0. The number of carboxylic acid groups (broad SMARTS) is 1. The normalized spacial score (nSPS) is 12.3. The fourth-order valence-corrected chi connectivity index (χ4v) is 1.79. The second-order valence-electron chi connectivity index (χ2n) is 4.04. The van der Waals surface area contributed by atoms with Crippen LogP contribution in [-0.2, 0) is 11.8 Å². The summed E-state index contributed by atoms with van der Waals surface area (Å²) in [4.78, 5) is 22.8. The number of aromatic nitrogens is 2. The van der Waals surface area contributed by atoms with E-state index >= 15 is 0 Å². The third kappa shape index (κ3) is 2.41. The first-order valence-electron chi connectivity index (χ1n) is 5.61. The second kappa shape index (κ2) is 5.07. The summed E-state index contributed by atoms with van der Waals surface area (Å²) in [5.41, 5.74) is 0.904. The van der Waals surface area contributed by atoms with Crippen LogP contribution >= 0.6 is 0 Å². The summed E-state index contributed by atoms with van der Waals surface area (Å²) in [5.74, 6) is -1.92. The summed E-state index contributed by atoms with van der Waals surface area (Å²) >= 11 is 0. The minimum atomic E-state index is -1.34. The quantitative estimate of drug-likeness (QED) is 0.705. The monoisotopic (exact) mass is 263 g/mol. The highest BCUT2D eigenvalue weighted by molar-refractivity contribution is 6.05. The number of aliphatic carboxylic acids is 1. The van der Waals surface area contributed by atoms with Gasteiger partial charge in [0.05, 0.1) is 12.1 Å². The smallest absolute Gasteiger partial charge is 0.328 e. The van der Waals surface area contributed by atoms with Crippen LogP contribution in [0, 0.1) is 0 Å². The van der Waals surface area contributed by atoms with Gasteiger partial charge >= 0.3 is 5.97 Å². The number of fused-ring (bicyclic) bond motifs is 1. The van der Waals surface area contributed by atoms with Crippen LogP contribution in [0.5, 0.6) is 0 Å². The van der Waals surface area contributed by atoms with Crippen molar-refractivity contribution >= 4 is 22.8 Å². The third-order valence-electron chi connectivity index (χ3n) is 2.76. The summed E-state index contributed by atoms with van der Waals surface area (Å²) in [5, 5.41) is 24.6. The number of hydrogen-bond acceptors (Lipinski definition) is 4. The van der Waals surface area contributed by atoms with Crippen LogP contribution in [0.1, 0.15) is 10.5 Å². The molecule has 2 aromatic rings. The lowest BCUT2D eigenvalue weighted by Gasteiger charge is -2.10. The molecule has 0 bridgehead atoms. The van der Waals surface area contributed by atoms with Crippen LogP contribution in [0.25, 0.3) is 10.9 Å². The Bertz CT molecular complexity index is 635. The molecule has 0 aliphatic carbocycles. The first-order valence-corrected chi connectivity index (χ1v) is 5.61. The zero-order valence-electron chi connectivity index (χ0n) is 10.2. The standard InChI is InChI=1S/C12H13N3O4/c1-15-9-5-3-2-4-7(9)10(14-15)11(17)13-8(6-16)12(18)19/h2-5,8,16H,6H2,1H3,(H,13,17)(H,18,19)/t8-/m0/s1. The van der Waals surface area contributed by atoms with Crippen molar-refractivity contribution in [2.45, 2.75) is 6.04 Å². The van der Waals surface area contributed by atoms with Gasteiger partial charge in [0, 0.05) is 12.4 Å². The van der Waals surface area contributed by atoms with Crippen molar-refractivity contribution in [2.75, 3.05) is 6.61 Å². The van der Waals surface area contributed by atoms with E-state index in [2.05, 4.69) is 10.4 Å². The summed E-state index contributed by atoms with van der Waals surface area (Å²) in [6, 6.07) is 5.78. The molecular formula is C12H13N3O4. The molecule has 19 heavy (non-hydrogen) atoms. The molecule has 7 heteroatoms. The largest absolute Gasteiger partial charge is 0.480 e. The molecule has 0 saturated carbocycles. The van der Waals surface area contributed by atoms with Gasteiger partial charge in [-0.25, -0.2) is 4.79 Å². The summed E-state index contributed by atoms with van der Waals surface area (Å²) in [7, 11) is 1.69. The van der Waals surface area contributed by atoms with Crippen LogP contribution in [0.2, 0.25) is 0 Å². The fourth-order valence-electron chi connectivity index (χ4n) is 1.79. The molecule has 0 fully saturated rings. The van der Waals surface area contributed by atoms with E-state index in [9.17, 15) is 9.59 Å². The predicted octanol–water partition coefficient (Wildman–Crippen LogP) is -0.251. The number of rotatable bonds is 4. The van der Waals surface area contributed by atoms with Gasteiger partial charge in [0.25, 0.3) is 5.91 Å². The Morgan fingerprint density at radius 1 is 1.42 bits per heavy atom. The number of nitrogens with one attached hydrogen (secondary N) is 1. The number of carboxylic acids is 1. The molecule has 2 rings (SSSR count). The number of aryl methyl sites for hydroxylation is 1. The number of aliphatic hydroxyl groups is 1. The Morgan fingerprint density at radius 3 is 2.74 bits per heavy atom. The van der Waals surface area contributed by atoms with Gasteiger partial charge in [0.2, 0.25) is 0 Å². The van der Waals surface area contributed by atoms with Gasteiger partial charge in [0.1, 0.15) is 0 Å². The molecule has 1 aromatic heterocycles. The van der Waals surface area contributed by atoms with Crippen molar-refractivity contribution in [1.29, 1.82) is 0 Å². The SMILES string of the molecule is Cn1nc(C(=O)N[C@@H](CO)C(=O)O)c2ccccc21. The van der Waals surface area contributed by atoms with Crippen molar-refractivity contribution in [3.63, 3.8) is 0 Å². The Hall–Kier alpha value is -2.41. The molecule has 1 amide bonds. The Morgan fingerprint density at radius 2 is 2.11 bits per heavy atom. The molecule has 1 atom stereocenters. The van der Waals surface area contributed by atoms with E-state index in [-0.39, 0.29) is 5.69 Å². The molecule has 0 saturated heterocycles. The molecular weight excluding hydrogens is 250 g/mol. The number of carbonyl (C=O) groups is 2. The number of aliphatic hydroxyl groups excluding tert-OH is 1. The van der Waals surface area contributed by atoms with E-state index in [1.807, 2.05) is 6.07 Å². The van der Waals surface area contributed by atoms with E-state index in [1.54, 1.807) is 29.9 Å². The van der Waals surface area contributed by atoms with E-state index < -0.39 is 24.5 Å². The van der Waals surface area contributed by atoms with Gasteiger partial charge in [-0.15, -0.1) is 0 Å². The Balaban J connectivity index is 2.34. The van der Waals surface area contributed by atoms with Crippen molar-refractivity contribution in [3.8, 4) is 0 Å². The van der Waals surface area contributed by atoms with E-state index in [4.69, 9.17) is 10.2 Å². The molecule has 100 valence electrons. The van der Waals surface area contributed by atoms with Gasteiger partial charge in [-0.2, -0.15) is 5.10 Å². The minimum absolute atomic E-state index is 0.137. The number of nitrogens with zero attached hydrogens (tertiary/aromatic N) is 2. The third-order valence-corrected chi connectivity index (χ3v) is 2.76. The number of amides is 1. The highest BCUT2D eigenvalue weighted by atomic mass is 16.4. The highest BCUT2D eigenvalue weighted by Gasteiger charge is 2.22. The average Bonchev–Trinajstić information content (AvgIpc) is 2.73. The van der Waals surface area contributed by atoms with Crippen LogP contribution in [-0.4, -0.2) is 44.5 Å². The van der Waals surface area contributed by atoms with Crippen LogP contribution in [0.15, 0.2) is 24.3 Å². The lowest BCUT2D eigenvalue weighted by atomic mass is 10.2. The van der Waals surface area contributed by atoms with Crippen molar-refractivity contribution < 1.29 is 19.8 Å². The van der Waals surface area contributed by atoms with Crippen LogP contribution in [0.4, 0.5) is 0 Å². The van der Waals surface area contributed by atoms with Gasteiger partial charge < -0.3 is 15.5 Å². The predicted molar refractivity (Wildman–Crippen MR) is 66.7 cm³/mol. The Labute approximate surface area is 108 Å². The molecule has 1 heterocycles.